The molecule has 0 aromatic carbocycles. The molecule has 0 aliphatic carbocycles. The Morgan fingerprint density at radius 2 is 2.00 bits per heavy atom. The standard InChI is InChI=1S/C12H23N3O/c1-8-11(9(2)15(6)14-8)7-13-10(3)12(4,5)16/h10,13,16H,7H2,1-6H3. The number of rotatable bonds is 4. The summed E-state index contributed by atoms with van der Waals surface area (Å²) in [6, 6.07) is 0.0477. The van der Waals surface area contributed by atoms with Crippen LogP contribution in [0, 0.1) is 13.8 Å². The molecule has 0 aliphatic heterocycles. The van der Waals surface area contributed by atoms with Crippen molar-refractivity contribution in [3.8, 4) is 0 Å². The molecule has 2 N–H and O–H groups in total. The first-order valence-electron chi connectivity index (χ1n) is 5.68. The quantitative estimate of drug-likeness (QED) is 0.811. The van der Waals surface area contributed by atoms with Gasteiger partial charge in [-0.05, 0) is 34.6 Å². The lowest BCUT2D eigenvalue weighted by Crippen LogP contribution is -2.44. The second kappa shape index (κ2) is 4.55. The molecule has 0 radical (unpaired) electrons. The van der Waals surface area contributed by atoms with Crippen molar-refractivity contribution in [3.63, 3.8) is 0 Å². The first kappa shape index (κ1) is 13.2. The van der Waals surface area contributed by atoms with Crippen molar-refractivity contribution < 1.29 is 5.11 Å². The van der Waals surface area contributed by atoms with Gasteiger partial charge in [0.1, 0.15) is 0 Å². The van der Waals surface area contributed by atoms with E-state index < -0.39 is 5.60 Å². The van der Waals surface area contributed by atoms with E-state index in [1.165, 1.54) is 11.3 Å². The molecule has 1 aromatic rings. The fourth-order valence-corrected chi connectivity index (χ4v) is 1.58. The second-order valence-electron chi connectivity index (χ2n) is 5.03. The number of aryl methyl sites for hydroxylation is 2. The maximum atomic E-state index is 9.82. The van der Waals surface area contributed by atoms with E-state index in [1.54, 1.807) is 0 Å². The van der Waals surface area contributed by atoms with Crippen molar-refractivity contribution in [3.05, 3.63) is 17.0 Å². The minimum absolute atomic E-state index is 0.0477. The summed E-state index contributed by atoms with van der Waals surface area (Å²) in [5, 5.41) is 17.5. The van der Waals surface area contributed by atoms with Crippen LogP contribution in [0.4, 0.5) is 0 Å². The van der Waals surface area contributed by atoms with Crippen LogP contribution in [0.15, 0.2) is 0 Å². The maximum absolute atomic E-state index is 9.82. The fraction of sp³-hybridized carbons (Fsp3) is 0.750. The lowest BCUT2D eigenvalue weighted by Gasteiger charge is -2.26. The third-order valence-corrected chi connectivity index (χ3v) is 3.30. The van der Waals surface area contributed by atoms with Crippen LogP contribution in [0.2, 0.25) is 0 Å². The van der Waals surface area contributed by atoms with Crippen LogP contribution < -0.4 is 5.32 Å². The van der Waals surface area contributed by atoms with Crippen LogP contribution >= 0.6 is 0 Å². The lowest BCUT2D eigenvalue weighted by atomic mass is 10.0. The molecule has 1 unspecified atom stereocenters. The topological polar surface area (TPSA) is 50.1 Å². The van der Waals surface area contributed by atoms with Crippen LogP contribution in [0.25, 0.3) is 0 Å². The molecular formula is C12H23N3O. The summed E-state index contributed by atoms with van der Waals surface area (Å²) in [6.45, 7) is 10.4. The van der Waals surface area contributed by atoms with Gasteiger partial charge in [-0.1, -0.05) is 0 Å². The molecule has 92 valence electrons. The van der Waals surface area contributed by atoms with E-state index in [0.717, 1.165) is 12.2 Å². The predicted octanol–water partition coefficient (Wildman–Crippen LogP) is 1.29. The number of aliphatic hydroxyl groups is 1. The average Bonchev–Trinajstić information content (AvgIpc) is 2.37. The van der Waals surface area contributed by atoms with Gasteiger partial charge in [-0.25, -0.2) is 0 Å². The Balaban J connectivity index is 2.68. The van der Waals surface area contributed by atoms with Crippen molar-refractivity contribution in [1.29, 1.82) is 0 Å². The highest BCUT2D eigenvalue weighted by atomic mass is 16.3. The molecule has 4 heteroatoms. The summed E-state index contributed by atoms with van der Waals surface area (Å²) in [6.07, 6.45) is 0. The Morgan fingerprint density at radius 3 is 2.38 bits per heavy atom. The zero-order valence-corrected chi connectivity index (χ0v) is 11.1. The van der Waals surface area contributed by atoms with E-state index in [0.29, 0.717) is 0 Å². The number of hydrogen-bond acceptors (Lipinski definition) is 3. The van der Waals surface area contributed by atoms with Crippen molar-refractivity contribution in [2.75, 3.05) is 0 Å². The van der Waals surface area contributed by atoms with Crippen molar-refractivity contribution in [2.45, 2.75) is 52.8 Å². The monoisotopic (exact) mass is 225 g/mol. The fourth-order valence-electron chi connectivity index (χ4n) is 1.58. The summed E-state index contributed by atoms with van der Waals surface area (Å²) in [4.78, 5) is 0. The normalized spacial score (nSPS) is 14.2. The van der Waals surface area contributed by atoms with E-state index in [9.17, 15) is 5.11 Å². The summed E-state index contributed by atoms with van der Waals surface area (Å²) >= 11 is 0. The first-order chi connectivity index (χ1) is 7.23. The third-order valence-electron chi connectivity index (χ3n) is 3.30. The Labute approximate surface area is 97.7 Å². The van der Waals surface area contributed by atoms with Gasteiger partial charge < -0.3 is 10.4 Å². The highest BCUT2D eigenvalue weighted by Crippen LogP contribution is 2.13. The predicted molar refractivity (Wildman–Crippen MR) is 65.3 cm³/mol. The highest BCUT2D eigenvalue weighted by molar-refractivity contribution is 5.24. The lowest BCUT2D eigenvalue weighted by molar-refractivity contribution is 0.0437. The smallest absolute Gasteiger partial charge is 0.0741 e. The van der Waals surface area contributed by atoms with E-state index in [-0.39, 0.29) is 6.04 Å². The molecular weight excluding hydrogens is 202 g/mol. The van der Waals surface area contributed by atoms with Crippen LogP contribution in [-0.4, -0.2) is 26.5 Å². The first-order valence-corrected chi connectivity index (χ1v) is 5.68. The molecule has 1 aromatic heterocycles. The third kappa shape index (κ3) is 2.83. The van der Waals surface area contributed by atoms with Crippen LogP contribution in [0.3, 0.4) is 0 Å². The van der Waals surface area contributed by atoms with Crippen molar-refractivity contribution in [1.82, 2.24) is 15.1 Å². The van der Waals surface area contributed by atoms with Crippen LogP contribution in [-0.2, 0) is 13.6 Å². The summed E-state index contributed by atoms with van der Waals surface area (Å²) < 4.78 is 1.89. The molecule has 0 saturated heterocycles. The van der Waals surface area contributed by atoms with Gasteiger partial charge in [0, 0.05) is 30.9 Å². The van der Waals surface area contributed by atoms with Gasteiger partial charge in [0.05, 0.1) is 11.3 Å². The summed E-state index contributed by atoms with van der Waals surface area (Å²) in [5.41, 5.74) is 2.74. The zero-order valence-electron chi connectivity index (χ0n) is 11.1. The van der Waals surface area contributed by atoms with E-state index >= 15 is 0 Å². The van der Waals surface area contributed by atoms with Crippen LogP contribution in [0.5, 0.6) is 0 Å². The minimum atomic E-state index is -0.704. The van der Waals surface area contributed by atoms with Crippen molar-refractivity contribution >= 4 is 0 Å². The summed E-state index contributed by atoms with van der Waals surface area (Å²) in [5.74, 6) is 0. The number of aromatic nitrogens is 2. The molecule has 4 nitrogen and oxygen atoms in total. The number of hydrogen-bond donors (Lipinski definition) is 2. The molecule has 1 atom stereocenters. The Hall–Kier alpha value is -0.870. The summed E-state index contributed by atoms with van der Waals surface area (Å²) in [7, 11) is 1.95. The maximum Gasteiger partial charge on any atom is 0.0741 e. The molecule has 16 heavy (non-hydrogen) atoms. The van der Waals surface area contributed by atoms with Crippen LogP contribution in [0.1, 0.15) is 37.7 Å². The van der Waals surface area contributed by atoms with Gasteiger partial charge in [0.15, 0.2) is 0 Å². The van der Waals surface area contributed by atoms with Gasteiger partial charge >= 0.3 is 0 Å². The SMILES string of the molecule is Cc1nn(C)c(C)c1CNC(C)C(C)(C)O. The Bertz CT molecular complexity index is 363. The number of nitrogens with zero attached hydrogens (tertiary/aromatic N) is 2. The van der Waals surface area contributed by atoms with Gasteiger partial charge in [-0.3, -0.25) is 4.68 Å². The highest BCUT2D eigenvalue weighted by Gasteiger charge is 2.22. The Morgan fingerprint density at radius 1 is 1.44 bits per heavy atom. The molecule has 0 saturated carbocycles. The molecule has 0 aliphatic rings. The van der Waals surface area contributed by atoms with E-state index in [1.807, 2.05) is 39.4 Å². The minimum Gasteiger partial charge on any atom is -0.389 e. The van der Waals surface area contributed by atoms with E-state index in [4.69, 9.17) is 0 Å². The van der Waals surface area contributed by atoms with Gasteiger partial charge in [0.2, 0.25) is 0 Å². The second-order valence-corrected chi connectivity index (χ2v) is 5.03. The van der Waals surface area contributed by atoms with E-state index in [2.05, 4.69) is 17.3 Å². The molecule has 0 fully saturated rings. The van der Waals surface area contributed by atoms with Gasteiger partial charge in [-0.2, -0.15) is 5.10 Å². The van der Waals surface area contributed by atoms with Gasteiger partial charge in [-0.15, -0.1) is 0 Å². The molecule has 0 bridgehead atoms. The Kier molecular flexibility index (Phi) is 3.76. The average molecular weight is 225 g/mol. The number of nitrogens with one attached hydrogen (secondary N) is 1. The molecule has 1 heterocycles. The zero-order chi connectivity index (χ0) is 12.5. The molecule has 1 rings (SSSR count). The largest absolute Gasteiger partial charge is 0.389 e. The van der Waals surface area contributed by atoms with Crippen molar-refractivity contribution in [2.24, 2.45) is 7.05 Å². The molecule has 0 amide bonds. The van der Waals surface area contributed by atoms with Gasteiger partial charge in [0.25, 0.3) is 0 Å². The molecule has 0 spiro atoms.